The zero-order valence-corrected chi connectivity index (χ0v) is 12.5. The first-order valence-corrected chi connectivity index (χ1v) is 7.00. The SMILES string of the molecule is Cc1cc(F)cc(NCc2cc3c(cc2Br)OCO3)c1. The summed E-state index contributed by atoms with van der Waals surface area (Å²) in [6, 6.07) is 8.70. The molecular formula is C15H13BrFNO2. The molecule has 1 N–H and O–H groups in total. The Balaban J connectivity index is 1.78. The summed E-state index contributed by atoms with van der Waals surface area (Å²) in [4.78, 5) is 0. The van der Waals surface area contributed by atoms with E-state index in [1.165, 1.54) is 12.1 Å². The number of hydrogen-bond donors (Lipinski definition) is 1. The van der Waals surface area contributed by atoms with E-state index in [2.05, 4.69) is 21.2 Å². The summed E-state index contributed by atoms with van der Waals surface area (Å²) in [6.07, 6.45) is 0. The van der Waals surface area contributed by atoms with E-state index in [1.807, 2.05) is 25.1 Å². The van der Waals surface area contributed by atoms with Gasteiger partial charge in [-0.05, 0) is 48.4 Å². The Morgan fingerprint density at radius 1 is 1.15 bits per heavy atom. The van der Waals surface area contributed by atoms with Crippen LogP contribution < -0.4 is 14.8 Å². The molecule has 0 amide bonds. The lowest BCUT2D eigenvalue weighted by Crippen LogP contribution is -2.01. The second-order valence-electron chi connectivity index (χ2n) is 4.67. The van der Waals surface area contributed by atoms with Crippen molar-refractivity contribution in [1.29, 1.82) is 0 Å². The fourth-order valence-electron chi connectivity index (χ4n) is 2.13. The van der Waals surface area contributed by atoms with Gasteiger partial charge in [-0.25, -0.2) is 4.39 Å². The minimum Gasteiger partial charge on any atom is -0.454 e. The van der Waals surface area contributed by atoms with Gasteiger partial charge in [-0.3, -0.25) is 0 Å². The van der Waals surface area contributed by atoms with Gasteiger partial charge in [-0.2, -0.15) is 0 Å². The fourth-order valence-corrected chi connectivity index (χ4v) is 2.59. The van der Waals surface area contributed by atoms with Crippen LogP contribution in [0, 0.1) is 12.7 Å². The highest BCUT2D eigenvalue weighted by atomic mass is 79.9. The molecular weight excluding hydrogens is 325 g/mol. The molecule has 0 atom stereocenters. The Labute approximate surface area is 124 Å². The number of hydrogen-bond acceptors (Lipinski definition) is 3. The van der Waals surface area contributed by atoms with E-state index in [1.54, 1.807) is 0 Å². The lowest BCUT2D eigenvalue weighted by Gasteiger charge is -2.10. The van der Waals surface area contributed by atoms with Gasteiger partial charge in [-0.1, -0.05) is 15.9 Å². The third-order valence-electron chi connectivity index (χ3n) is 3.07. The monoisotopic (exact) mass is 337 g/mol. The van der Waals surface area contributed by atoms with Crippen molar-refractivity contribution in [3.05, 3.63) is 51.7 Å². The van der Waals surface area contributed by atoms with Gasteiger partial charge in [0.05, 0.1) is 0 Å². The predicted molar refractivity (Wildman–Crippen MR) is 78.7 cm³/mol. The van der Waals surface area contributed by atoms with Crippen LogP contribution in [0.25, 0.3) is 0 Å². The summed E-state index contributed by atoms with van der Waals surface area (Å²) in [7, 11) is 0. The van der Waals surface area contributed by atoms with Crippen molar-refractivity contribution >= 4 is 21.6 Å². The third-order valence-corrected chi connectivity index (χ3v) is 3.80. The van der Waals surface area contributed by atoms with E-state index >= 15 is 0 Å². The molecule has 0 saturated carbocycles. The molecule has 1 heterocycles. The smallest absolute Gasteiger partial charge is 0.231 e. The third kappa shape index (κ3) is 2.72. The number of aryl methyl sites for hydroxylation is 1. The van der Waals surface area contributed by atoms with Crippen LogP contribution in [-0.4, -0.2) is 6.79 Å². The molecule has 0 unspecified atom stereocenters. The summed E-state index contributed by atoms with van der Waals surface area (Å²) >= 11 is 3.50. The Morgan fingerprint density at radius 3 is 2.65 bits per heavy atom. The molecule has 104 valence electrons. The maximum atomic E-state index is 13.3. The largest absolute Gasteiger partial charge is 0.454 e. The molecule has 0 saturated heterocycles. The molecule has 0 fully saturated rings. The maximum absolute atomic E-state index is 13.3. The molecule has 20 heavy (non-hydrogen) atoms. The molecule has 3 nitrogen and oxygen atoms in total. The van der Waals surface area contributed by atoms with Crippen LogP contribution in [0.3, 0.4) is 0 Å². The van der Waals surface area contributed by atoms with Crippen LogP contribution in [-0.2, 0) is 6.54 Å². The summed E-state index contributed by atoms with van der Waals surface area (Å²) in [5.41, 5.74) is 2.67. The first kappa shape index (κ1) is 13.2. The zero-order valence-electron chi connectivity index (χ0n) is 10.9. The highest BCUT2D eigenvalue weighted by Gasteiger charge is 2.16. The van der Waals surface area contributed by atoms with Crippen LogP contribution in [0.1, 0.15) is 11.1 Å². The summed E-state index contributed by atoms with van der Waals surface area (Å²) in [5, 5.41) is 3.21. The van der Waals surface area contributed by atoms with Crippen LogP contribution in [0.5, 0.6) is 11.5 Å². The topological polar surface area (TPSA) is 30.5 Å². The predicted octanol–water partition coefficient (Wildman–Crippen LogP) is 4.24. The number of rotatable bonds is 3. The van der Waals surface area contributed by atoms with Crippen LogP contribution >= 0.6 is 15.9 Å². The molecule has 0 radical (unpaired) electrons. The Bertz CT molecular complexity index is 640. The average molecular weight is 338 g/mol. The molecule has 1 aliphatic heterocycles. The molecule has 0 aromatic heterocycles. The Kier molecular flexibility index (Phi) is 3.53. The van der Waals surface area contributed by atoms with E-state index in [9.17, 15) is 4.39 Å². The van der Waals surface area contributed by atoms with Crippen molar-refractivity contribution in [3.63, 3.8) is 0 Å². The molecule has 0 aliphatic carbocycles. The van der Waals surface area contributed by atoms with Gasteiger partial charge in [0.15, 0.2) is 11.5 Å². The first-order valence-electron chi connectivity index (χ1n) is 6.21. The number of anilines is 1. The van der Waals surface area contributed by atoms with Crippen LogP contribution in [0.15, 0.2) is 34.8 Å². The van der Waals surface area contributed by atoms with Crippen LogP contribution in [0.2, 0.25) is 0 Å². The minimum atomic E-state index is -0.239. The molecule has 3 rings (SSSR count). The number of benzene rings is 2. The minimum absolute atomic E-state index is 0.239. The van der Waals surface area contributed by atoms with Gasteiger partial charge >= 0.3 is 0 Å². The van der Waals surface area contributed by atoms with Gasteiger partial charge in [0.2, 0.25) is 6.79 Å². The Morgan fingerprint density at radius 2 is 1.90 bits per heavy atom. The molecule has 5 heteroatoms. The van der Waals surface area contributed by atoms with E-state index in [0.717, 1.165) is 32.8 Å². The van der Waals surface area contributed by atoms with E-state index < -0.39 is 0 Å². The molecule has 0 spiro atoms. The lowest BCUT2D eigenvalue weighted by molar-refractivity contribution is 0.174. The number of nitrogens with one attached hydrogen (secondary N) is 1. The lowest BCUT2D eigenvalue weighted by atomic mass is 10.1. The van der Waals surface area contributed by atoms with Crippen molar-refractivity contribution < 1.29 is 13.9 Å². The van der Waals surface area contributed by atoms with Crippen molar-refractivity contribution in [3.8, 4) is 11.5 Å². The van der Waals surface area contributed by atoms with Gasteiger partial charge in [0, 0.05) is 16.7 Å². The van der Waals surface area contributed by atoms with Gasteiger partial charge in [0.25, 0.3) is 0 Å². The standard InChI is InChI=1S/C15H13BrFNO2/c1-9-2-11(17)5-12(3-9)18-7-10-4-14-15(6-13(10)16)20-8-19-14/h2-6,18H,7-8H2,1H3. The number of ether oxygens (including phenoxy) is 2. The van der Waals surface area contributed by atoms with E-state index in [-0.39, 0.29) is 12.6 Å². The fraction of sp³-hybridized carbons (Fsp3) is 0.200. The average Bonchev–Trinajstić information content (AvgIpc) is 2.81. The van der Waals surface area contributed by atoms with Crippen molar-refractivity contribution in [2.24, 2.45) is 0 Å². The highest BCUT2D eigenvalue weighted by Crippen LogP contribution is 2.37. The number of halogens is 2. The summed E-state index contributed by atoms with van der Waals surface area (Å²) < 4.78 is 24.9. The van der Waals surface area contributed by atoms with Crippen molar-refractivity contribution in [1.82, 2.24) is 0 Å². The van der Waals surface area contributed by atoms with Gasteiger partial charge < -0.3 is 14.8 Å². The molecule has 0 bridgehead atoms. The highest BCUT2D eigenvalue weighted by molar-refractivity contribution is 9.10. The second kappa shape index (κ2) is 5.32. The molecule has 2 aromatic rings. The van der Waals surface area contributed by atoms with Crippen LogP contribution in [0.4, 0.5) is 10.1 Å². The first-order chi connectivity index (χ1) is 9.61. The van der Waals surface area contributed by atoms with Crippen molar-refractivity contribution in [2.75, 3.05) is 12.1 Å². The van der Waals surface area contributed by atoms with Gasteiger partial charge in [0.1, 0.15) is 5.82 Å². The van der Waals surface area contributed by atoms with E-state index in [0.29, 0.717) is 6.54 Å². The van der Waals surface area contributed by atoms with Crippen molar-refractivity contribution in [2.45, 2.75) is 13.5 Å². The van der Waals surface area contributed by atoms with Gasteiger partial charge in [-0.15, -0.1) is 0 Å². The molecule has 2 aromatic carbocycles. The number of fused-ring (bicyclic) bond motifs is 1. The summed E-state index contributed by atoms with van der Waals surface area (Å²) in [6.45, 7) is 2.69. The summed E-state index contributed by atoms with van der Waals surface area (Å²) in [5.74, 6) is 1.24. The Hall–Kier alpha value is -1.75. The normalized spacial score (nSPS) is 12.6. The molecule has 1 aliphatic rings. The maximum Gasteiger partial charge on any atom is 0.231 e. The van der Waals surface area contributed by atoms with E-state index in [4.69, 9.17) is 9.47 Å². The second-order valence-corrected chi connectivity index (χ2v) is 5.52. The zero-order chi connectivity index (χ0) is 14.1. The quantitative estimate of drug-likeness (QED) is 0.908.